The molecule has 4 nitrogen and oxygen atoms in total. The fourth-order valence-corrected chi connectivity index (χ4v) is 2.66. The molecular weight excluding hydrogens is 278 g/mol. The Morgan fingerprint density at radius 3 is 2.41 bits per heavy atom. The van der Waals surface area contributed by atoms with E-state index in [0.29, 0.717) is 6.54 Å². The van der Waals surface area contributed by atoms with Gasteiger partial charge in [-0.1, -0.05) is 42.5 Å². The lowest BCUT2D eigenvalue weighted by Gasteiger charge is -2.26. The maximum Gasteiger partial charge on any atom is 0.164 e. The average Bonchev–Trinajstić information content (AvgIpc) is 2.84. The number of hydrogen-bond donors (Lipinski definition) is 2. The Morgan fingerprint density at radius 2 is 1.82 bits per heavy atom. The fraction of sp³-hybridized carbons (Fsp3) is 0.444. The number of aliphatic hydroxyl groups excluding tert-OH is 1. The highest BCUT2D eigenvalue weighted by Crippen LogP contribution is 2.32. The van der Waals surface area contributed by atoms with Crippen LogP contribution < -0.4 is 5.32 Å². The van der Waals surface area contributed by atoms with Crippen molar-refractivity contribution in [2.24, 2.45) is 0 Å². The van der Waals surface area contributed by atoms with Gasteiger partial charge >= 0.3 is 0 Å². The molecule has 120 valence electrons. The monoisotopic (exact) mass is 303 g/mol. The van der Waals surface area contributed by atoms with E-state index in [0.717, 1.165) is 0 Å². The summed E-state index contributed by atoms with van der Waals surface area (Å²) in [5.74, 6) is -0.741. The second-order valence-electron chi connectivity index (χ2n) is 5.92. The van der Waals surface area contributed by atoms with E-state index in [4.69, 9.17) is 9.47 Å². The van der Waals surface area contributed by atoms with Crippen molar-refractivity contribution < 1.29 is 14.6 Å². The van der Waals surface area contributed by atoms with E-state index in [-0.39, 0.29) is 12.1 Å². The first kappa shape index (κ1) is 16.9. The average molecular weight is 303 g/mol. The van der Waals surface area contributed by atoms with E-state index >= 15 is 0 Å². The van der Waals surface area contributed by atoms with E-state index in [1.54, 1.807) is 6.08 Å². The summed E-state index contributed by atoms with van der Waals surface area (Å²) < 4.78 is 11.8. The van der Waals surface area contributed by atoms with Crippen LogP contribution in [0, 0.1) is 0 Å². The van der Waals surface area contributed by atoms with Crippen LogP contribution in [0.3, 0.4) is 0 Å². The van der Waals surface area contributed by atoms with Crippen molar-refractivity contribution in [3.05, 3.63) is 61.2 Å². The molecule has 1 aromatic carbocycles. The third kappa shape index (κ3) is 4.05. The number of aliphatic hydroxyl groups is 1. The summed E-state index contributed by atoms with van der Waals surface area (Å²) in [6, 6.07) is 9.96. The standard InChI is InChI=1S/C18H25NO3/c1-5-14(19-12-13-10-8-7-9-11-13)16-17(15(20)6-2)22-18(3,4)21-16/h5-11,14-17,19-20H,1-2,12H2,3-4H3/t14-,15+,16-,17+/m1/s1. The summed E-state index contributed by atoms with van der Waals surface area (Å²) in [4.78, 5) is 0. The lowest BCUT2D eigenvalue weighted by molar-refractivity contribution is -0.153. The van der Waals surface area contributed by atoms with Gasteiger partial charge in [-0.25, -0.2) is 0 Å². The quantitative estimate of drug-likeness (QED) is 0.760. The van der Waals surface area contributed by atoms with Gasteiger partial charge < -0.3 is 19.9 Å². The predicted octanol–water partition coefficient (Wildman–Crippen LogP) is 2.40. The number of rotatable bonds is 7. The van der Waals surface area contributed by atoms with Gasteiger partial charge in [-0.3, -0.25) is 0 Å². The molecule has 4 heteroatoms. The molecule has 22 heavy (non-hydrogen) atoms. The van der Waals surface area contributed by atoms with E-state index in [9.17, 15) is 5.11 Å². The van der Waals surface area contributed by atoms with E-state index in [2.05, 4.69) is 30.6 Å². The Kier molecular flexibility index (Phi) is 5.53. The van der Waals surface area contributed by atoms with Crippen molar-refractivity contribution >= 4 is 0 Å². The van der Waals surface area contributed by atoms with Crippen molar-refractivity contribution in [2.75, 3.05) is 0 Å². The number of ether oxygens (including phenoxy) is 2. The van der Waals surface area contributed by atoms with Gasteiger partial charge in [-0.2, -0.15) is 0 Å². The van der Waals surface area contributed by atoms with Gasteiger partial charge in [-0.15, -0.1) is 13.2 Å². The van der Waals surface area contributed by atoms with Crippen LogP contribution in [-0.4, -0.2) is 35.2 Å². The maximum absolute atomic E-state index is 10.1. The van der Waals surface area contributed by atoms with Gasteiger partial charge in [0.05, 0.1) is 6.04 Å². The lowest BCUT2D eigenvalue weighted by atomic mass is 10.0. The molecule has 4 atom stereocenters. The fourth-order valence-electron chi connectivity index (χ4n) is 2.66. The Labute approximate surface area is 132 Å². The van der Waals surface area contributed by atoms with Crippen molar-refractivity contribution in [2.45, 2.75) is 50.5 Å². The van der Waals surface area contributed by atoms with Crippen molar-refractivity contribution in [1.82, 2.24) is 5.32 Å². The first-order valence-electron chi connectivity index (χ1n) is 7.53. The minimum Gasteiger partial charge on any atom is -0.386 e. The second kappa shape index (κ2) is 7.20. The summed E-state index contributed by atoms with van der Waals surface area (Å²) in [5.41, 5.74) is 1.17. The van der Waals surface area contributed by atoms with Crippen LogP contribution in [0.4, 0.5) is 0 Å². The molecule has 0 bridgehead atoms. The van der Waals surface area contributed by atoms with Gasteiger partial charge in [0.2, 0.25) is 0 Å². The zero-order chi connectivity index (χ0) is 16.2. The molecule has 2 rings (SSSR count). The summed E-state index contributed by atoms with van der Waals surface area (Å²) >= 11 is 0. The SMILES string of the molecule is C=C[C@H](O)[C@@H]1OC(C)(C)O[C@@H]1[C@@H](C=C)NCc1ccccc1. The van der Waals surface area contributed by atoms with E-state index in [1.807, 2.05) is 32.0 Å². The number of benzene rings is 1. The number of nitrogens with one attached hydrogen (secondary N) is 1. The molecule has 0 spiro atoms. The van der Waals surface area contributed by atoms with Crippen LogP contribution in [0.15, 0.2) is 55.6 Å². The number of hydrogen-bond acceptors (Lipinski definition) is 4. The summed E-state index contributed by atoms with van der Waals surface area (Å²) in [7, 11) is 0. The van der Waals surface area contributed by atoms with Crippen molar-refractivity contribution in [1.29, 1.82) is 0 Å². The summed E-state index contributed by atoms with van der Waals surface area (Å²) in [5, 5.41) is 13.5. The highest BCUT2D eigenvalue weighted by molar-refractivity contribution is 5.15. The Bertz CT molecular complexity index is 500. The minimum atomic E-state index is -0.784. The van der Waals surface area contributed by atoms with Gasteiger partial charge in [0.1, 0.15) is 18.3 Å². The molecule has 0 amide bonds. The molecule has 0 aromatic heterocycles. The van der Waals surface area contributed by atoms with Crippen LogP contribution in [0.25, 0.3) is 0 Å². The summed E-state index contributed by atoms with van der Waals surface area (Å²) in [6.45, 7) is 11.9. The van der Waals surface area contributed by atoms with Gasteiger partial charge in [0.25, 0.3) is 0 Å². The highest BCUT2D eigenvalue weighted by Gasteiger charge is 2.46. The third-order valence-corrected chi connectivity index (χ3v) is 3.73. The van der Waals surface area contributed by atoms with Gasteiger partial charge in [0, 0.05) is 6.54 Å². The molecule has 1 fully saturated rings. The molecule has 0 unspecified atom stereocenters. The minimum absolute atomic E-state index is 0.137. The topological polar surface area (TPSA) is 50.7 Å². The molecule has 0 aliphatic carbocycles. The molecule has 2 N–H and O–H groups in total. The molecular formula is C18H25NO3. The first-order valence-corrected chi connectivity index (χ1v) is 7.53. The molecule has 1 aromatic rings. The van der Waals surface area contributed by atoms with Gasteiger partial charge in [0.15, 0.2) is 5.79 Å². The first-order chi connectivity index (χ1) is 10.5. The maximum atomic E-state index is 10.1. The Balaban J connectivity index is 2.07. The van der Waals surface area contributed by atoms with Crippen LogP contribution in [0.5, 0.6) is 0 Å². The van der Waals surface area contributed by atoms with E-state index < -0.39 is 18.0 Å². The van der Waals surface area contributed by atoms with Crippen LogP contribution in [-0.2, 0) is 16.0 Å². The lowest BCUT2D eigenvalue weighted by Crippen LogP contribution is -2.47. The Hall–Kier alpha value is -1.46. The van der Waals surface area contributed by atoms with Crippen LogP contribution >= 0.6 is 0 Å². The van der Waals surface area contributed by atoms with E-state index in [1.165, 1.54) is 11.6 Å². The normalized spacial score (nSPS) is 26.3. The van der Waals surface area contributed by atoms with Crippen LogP contribution in [0.1, 0.15) is 19.4 Å². The molecule has 1 aliphatic heterocycles. The molecule has 0 radical (unpaired) electrons. The highest BCUT2D eigenvalue weighted by atomic mass is 16.8. The third-order valence-electron chi connectivity index (χ3n) is 3.73. The molecule has 1 aliphatic rings. The predicted molar refractivity (Wildman–Crippen MR) is 87.3 cm³/mol. The zero-order valence-electron chi connectivity index (χ0n) is 13.2. The smallest absolute Gasteiger partial charge is 0.164 e. The largest absolute Gasteiger partial charge is 0.386 e. The zero-order valence-corrected chi connectivity index (χ0v) is 13.2. The molecule has 1 heterocycles. The Morgan fingerprint density at radius 1 is 1.18 bits per heavy atom. The molecule has 1 saturated heterocycles. The summed E-state index contributed by atoms with van der Waals surface area (Å²) in [6.07, 6.45) is 1.68. The van der Waals surface area contributed by atoms with Crippen molar-refractivity contribution in [3.63, 3.8) is 0 Å². The van der Waals surface area contributed by atoms with Crippen molar-refractivity contribution in [3.8, 4) is 0 Å². The molecule has 0 saturated carbocycles. The van der Waals surface area contributed by atoms with Gasteiger partial charge in [-0.05, 0) is 19.4 Å². The second-order valence-corrected chi connectivity index (χ2v) is 5.92. The van der Waals surface area contributed by atoms with Crippen LogP contribution in [0.2, 0.25) is 0 Å².